The molecule has 1 heterocycles. The second-order valence-electron chi connectivity index (χ2n) is 7.31. The SMILES string of the molecule is C=CCOC[C@H](NC(=O)[C@H]1[C@@H](C)[C@@H](O)CN1C(=O)C(F)(F)F)C(=O)OCc1ccccc1. The Kier molecular flexibility index (Phi) is 8.79. The molecular weight excluding hydrogens is 433 g/mol. The molecule has 0 aliphatic carbocycles. The predicted octanol–water partition coefficient (Wildman–Crippen LogP) is 1.19. The van der Waals surface area contributed by atoms with Gasteiger partial charge >= 0.3 is 18.1 Å². The van der Waals surface area contributed by atoms with Gasteiger partial charge in [0.05, 0.1) is 19.3 Å². The molecule has 32 heavy (non-hydrogen) atoms. The number of likely N-dealkylation sites (tertiary alicyclic amines) is 1. The number of carbonyl (C=O) groups is 3. The molecule has 1 aromatic rings. The van der Waals surface area contributed by atoms with E-state index < -0.39 is 54.6 Å². The molecule has 0 radical (unpaired) electrons. The molecule has 1 aliphatic heterocycles. The fraction of sp³-hybridized carbons (Fsp3) is 0.476. The molecule has 1 saturated heterocycles. The van der Waals surface area contributed by atoms with Gasteiger partial charge in [-0.05, 0) is 5.56 Å². The number of aliphatic hydroxyl groups is 1. The van der Waals surface area contributed by atoms with Crippen molar-refractivity contribution in [3.63, 3.8) is 0 Å². The summed E-state index contributed by atoms with van der Waals surface area (Å²) in [6.45, 7) is 3.78. The molecule has 0 saturated carbocycles. The van der Waals surface area contributed by atoms with Crippen molar-refractivity contribution >= 4 is 17.8 Å². The van der Waals surface area contributed by atoms with Crippen molar-refractivity contribution in [3.05, 3.63) is 48.6 Å². The van der Waals surface area contributed by atoms with E-state index in [0.717, 1.165) is 0 Å². The summed E-state index contributed by atoms with van der Waals surface area (Å²) in [4.78, 5) is 37.3. The number of amides is 2. The van der Waals surface area contributed by atoms with E-state index in [9.17, 15) is 32.7 Å². The Hall–Kier alpha value is -2.92. The number of benzene rings is 1. The number of hydrogen-bond acceptors (Lipinski definition) is 6. The van der Waals surface area contributed by atoms with Gasteiger partial charge in [0.25, 0.3) is 0 Å². The summed E-state index contributed by atoms with van der Waals surface area (Å²) in [5, 5.41) is 12.3. The lowest BCUT2D eigenvalue weighted by atomic mass is 9.99. The highest BCUT2D eigenvalue weighted by Crippen LogP contribution is 2.29. The zero-order valence-electron chi connectivity index (χ0n) is 17.4. The number of ether oxygens (including phenoxy) is 2. The number of halogens is 3. The number of aliphatic hydroxyl groups excluding tert-OH is 1. The highest BCUT2D eigenvalue weighted by molar-refractivity contribution is 5.93. The largest absolute Gasteiger partial charge is 0.471 e. The van der Waals surface area contributed by atoms with Crippen LogP contribution in [0.25, 0.3) is 0 Å². The molecule has 0 unspecified atom stereocenters. The monoisotopic (exact) mass is 458 g/mol. The number of nitrogens with one attached hydrogen (secondary N) is 1. The van der Waals surface area contributed by atoms with Crippen molar-refractivity contribution in [1.82, 2.24) is 10.2 Å². The molecule has 0 bridgehead atoms. The molecule has 8 nitrogen and oxygen atoms in total. The van der Waals surface area contributed by atoms with Crippen molar-refractivity contribution in [2.75, 3.05) is 19.8 Å². The molecule has 0 spiro atoms. The summed E-state index contributed by atoms with van der Waals surface area (Å²) in [6.07, 6.45) is -5.14. The molecule has 2 amide bonds. The van der Waals surface area contributed by atoms with E-state index in [0.29, 0.717) is 5.56 Å². The molecule has 1 fully saturated rings. The topological polar surface area (TPSA) is 105 Å². The second-order valence-corrected chi connectivity index (χ2v) is 7.31. The number of β-amino-alcohol motifs (C(OH)–C–C–N with tert-alkyl or cyclic N) is 1. The van der Waals surface area contributed by atoms with E-state index in [4.69, 9.17) is 9.47 Å². The molecule has 0 aromatic heterocycles. The first-order valence-electron chi connectivity index (χ1n) is 9.81. The fourth-order valence-corrected chi connectivity index (χ4v) is 3.25. The third kappa shape index (κ3) is 6.54. The van der Waals surface area contributed by atoms with Crippen LogP contribution in [0.3, 0.4) is 0 Å². The fourth-order valence-electron chi connectivity index (χ4n) is 3.25. The summed E-state index contributed by atoms with van der Waals surface area (Å²) >= 11 is 0. The highest BCUT2D eigenvalue weighted by atomic mass is 19.4. The van der Waals surface area contributed by atoms with Gasteiger partial charge < -0.3 is 24.8 Å². The molecular formula is C21H25F3N2O6. The summed E-state index contributed by atoms with van der Waals surface area (Å²) in [5.41, 5.74) is 0.687. The average Bonchev–Trinajstić information content (AvgIpc) is 3.05. The van der Waals surface area contributed by atoms with Crippen molar-refractivity contribution in [2.24, 2.45) is 5.92 Å². The molecule has 11 heteroatoms. The number of esters is 1. The van der Waals surface area contributed by atoms with E-state index >= 15 is 0 Å². The van der Waals surface area contributed by atoms with E-state index in [2.05, 4.69) is 11.9 Å². The van der Waals surface area contributed by atoms with Gasteiger partial charge in [-0.15, -0.1) is 6.58 Å². The number of carbonyl (C=O) groups excluding carboxylic acids is 3. The molecule has 2 rings (SSSR count). The van der Waals surface area contributed by atoms with Gasteiger partial charge in [-0.2, -0.15) is 13.2 Å². The molecule has 1 aliphatic rings. The van der Waals surface area contributed by atoms with E-state index in [1.807, 2.05) is 0 Å². The molecule has 4 atom stereocenters. The highest BCUT2D eigenvalue weighted by Gasteiger charge is 2.52. The lowest BCUT2D eigenvalue weighted by Crippen LogP contribution is -2.55. The zero-order chi connectivity index (χ0) is 23.9. The van der Waals surface area contributed by atoms with Crippen LogP contribution in [0.5, 0.6) is 0 Å². The van der Waals surface area contributed by atoms with Crippen molar-refractivity contribution in [1.29, 1.82) is 0 Å². The number of rotatable bonds is 9. The van der Waals surface area contributed by atoms with E-state index in [1.165, 1.54) is 13.0 Å². The van der Waals surface area contributed by atoms with Crippen LogP contribution in [-0.2, 0) is 30.5 Å². The van der Waals surface area contributed by atoms with Crippen LogP contribution in [0, 0.1) is 5.92 Å². The van der Waals surface area contributed by atoms with Crippen LogP contribution >= 0.6 is 0 Å². The lowest BCUT2D eigenvalue weighted by Gasteiger charge is -2.28. The summed E-state index contributed by atoms with van der Waals surface area (Å²) in [5.74, 6) is -5.13. The first kappa shape index (κ1) is 25.3. The Morgan fingerprint density at radius 3 is 2.56 bits per heavy atom. The van der Waals surface area contributed by atoms with Gasteiger partial charge in [0, 0.05) is 12.5 Å². The van der Waals surface area contributed by atoms with Gasteiger partial charge in [-0.25, -0.2) is 4.79 Å². The average molecular weight is 458 g/mol. The number of hydrogen-bond donors (Lipinski definition) is 2. The van der Waals surface area contributed by atoms with E-state index in [-0.39, 0.29) is 24.7 Å². The van der Waals surface area contributed by atoms with Crippen molar-refractivity contribution < 1.29 is 42.1 Å². The lowest BCUT2D eigenvalue weighted by molar-refractivity contribution is -0.187. The third-order valence-corrected chi connectivity index (χ3v) is 4.94. The maximum absolute atomic E-state index is 12.9. The standard InChI is InChI=1S/C21H25F3N2O6/c1-3-9-31-12-15(19(29)32-11-14-7-5-4-6-8-14)25-18(28)17-13(2)16(27)10-26(17)20(30)21(22,23)24/h3-8,13,15-17,27H,1,9-12H2,2H3,(H,25,28)/t13-,15-,16-,17+/m0/s1. The quantitative estimate of drug-likeness (QED) is 0.327. The Morgan fingerprint density at radius 2 is 1.97 bits per heavy atom. The van der Waals surface area contributed by atoms with Crippen LogP contribution in [0.15, 0.2) is 43.0 Å². The van der Waals surface area contributed by atoms with Crippen molar-refractivity contribution in [2.45, 2.75) is 37.9 Å². The zero-order valence-corrected chi connectivity index (χ0v) is 17.4. The molecule has 2 N–H and O–H groups in total. The van der Waals surface area contributed by atoms with Crippen LogP contribution in [-0.4, -0.2) is 71.9 Å². The predicted molar refractivity (Wildman–Crippen MR) is 106 cm³/mol. The van der Waals surface area contributed by atoms with Crippen LogP contribution in [0.4, 0.5) is 13.2 Å². The maximum Gasteiger partial charge on any atom is 0.471 e. The minimum Gasteiger partial charge on any atom is -0.459 e. The minimum absolute atomic E-state index is 0.0512. The van der Waals surface area contributed by atoms with Gasteiger partial charge in [0.2, 0.25) is 5.91 Å². The normalized spacial score (nSPS) is 21.7. The smallest absolute Gasteiger partial charge is 0.459 e. The van der Waals surface area contributed by atoms with Crippen molar-refractivity contribution in [3.8, 4) is 0 Å². The Bertz CT molecular complexity index is 818. The summed E-state index contributed by atoms with van der Waals surface area (Å²) in [6, 6.07) is 5.74. The van der Waals surface area contributed by atoms with Gasteiger partial charge in [0.1, 0.15) is 12.6 Å². The van der Waals surface area contributed by atoms with Gasteiger partial charge in [-0.3, -0.25) is 9.59 Å². The van der Waals surface area contributed by atoms with E-state index in [1.54, 1.807) is 30.3 Å². The number of alkyl halides is 3. The summed E-state index contributed by atoms with van der Waals surface area (Å²) < 4.78 is 49.2. The summed E-state index contributed by atoms with van der Waals surface area (Å²) in [7, 11) is 0. The van der Waals surface area contributed by atoms with Gasteiger partial charge in [-0.1, -0.05) is 43.3 Å². The van der Waals surface area contributed by atoms with Crippen LogP contribution in [0.2, 0.25) is 0 Å². The molecule has 176 valence electrons. The van der Waals surface area contributed by atoms with Gasteiger partial charge in [0.15, 0.2) is 6.04 Å². The number of nitrogens with zero attached hydrogens (tertiary/aromatic N) is 1. The van der Waals surface area contributed by atoms with Crippen LogP contribution in [0.1, 0.15) is 12.5 Å². The minimum atomic E-state index is -5.22. The Balaban J connectivity index is 2.13. The Labute approximate surface area is 183 Å². The Morgan fingerprint density at radius 1 is 1.31 bits per heavy atom. The second kappa shape index (κ2) is 11.1. The third-order valence-electron chi connectivity index (χ3n) is 4.94. The first-order chi connectivity index (χ1) is 15.1. The molecule has 1 aromatic carbocycles. The van der Waals surface area contributed by atoms with Crippen LogP contribution < -0.4 is 5.32 Å². The maximum atomic E-state index is 12.9. The first-order valence-corrected chi connectivity index (χ1v) is 9.81.